The van der Waals surface area contributed by atoms with E-state index in [2.05, 4.69) is 15.2 Å². The molecule has 20 heavy (non-hydrogen) atoms. The molecule has 106 valence electrons. The molecular formula is C13H16N4O3. The van der Waals surface area contributed by atoms with Crippen LogP contribution in [-0.4, -0.2) is 33.3 Å². The lowest BCUT2D eigenvalue weighted by molar-refractivity contribution is -0.141. The van der Waals surface area contributed by atoms with E-state index in [0.717, 1.165) is 5.69 Å². The summed E-state index contributed by atoms with van der Waals surface area (Å²) in [7, 11) is 3.14. The first-order valence-electron chi connectivity index (χ1n) is 6.04. The Hall–Kier alpha value is -2.57. The Morgan fingerprint density at radius 1 is 1.40 bits per heavy atom. The van der Waals surface area contributed by atoms with E-state index in [-0.39, 0.29) is 12.5 Å². The van der Waals surface area contributed by atoms with Gasteiger partial charge in [0.05, 0.1) is 19.0 Å². The molecule has 0 saturated carbocycles. The molecule has 2 aromatic rings. The maximum Gasteiger partial charge on any atom is 0.327 e. The summed E-state index contributed by atoms with van der Waals surface area (Å²) in [4.78, 5) is 23.2. The number of methoxy groups -OCH3 is 1. The summed E-state index contributed by atoms with van der Waals surface area (Å²) in [5.74, 6) is -0.623. The summed E-state index contributed by atoms with van der Waals surface area (Å²) in [6.07, 6.45) is 3.06. The number of aryl methyl sites for hydroxylation is 1. The fraction of sp³-hybridized carbons (Fsp3) is 0.308. The maximum absolute atomic E-state index is 12.1. The van der Waals surface area contributed by atoms with Crippen molar-refractivity contribution in [3.63, 3.8) is 0 Å². The Morgan fingerprint density at radius 3 is 2.75 bits per heavy atom. The molecule has 0 radical (unpaired) electrons. The fourth-order valence-electron chi connectivity index (χ4n) is 1.75. The SMILES string of the molecule is COC(=O)Cn1cc(NC(=O)c2ccc(C)n2C)cn1. The number of rotatable bonds is 4. The van der Waals surface area contributed by atoms with Gasteiger partial charge in [-0.05, 0) is 19.1 Å². The molecule has 0 aliphatic rings. The Bertz CT molecular complexity index is 642. The third-order valence-corrected chi connectivity index (χ3v) is 3.02. The van der Waals surface area contributed by atoms with Crippen molar-refractivity contribution >= 4 is 17.6 Å². The van der Waals surface area contributed by atoms with Crippen LogP contribution >= 0.6 is 0 Å². The fourth-order valence-corrected chi connectivity index (χ4v) is 1.75. The number of anilines is 1. The van der Waals surface area contributed by atoms with Gasteiger partial charge in [-0.1, -0.05) is 0 Å². The number of carbonyl (C=O) groups excluding carboxylic acids is 2. The summed E-state index contributed by atoms with van der Waals surface area (Å²) < 4.78 is 7.74. The molecule has 2 aromatic heterocycles. The van der Waals surface area contributed by atoms with Crippen LogP contribution in [0.25, 0.3) is 0 Å². The zero-order valence-corrected chi connectivity index (χ0v) is 11.6. The Labute approximate surface area is 116 Å². The normalized spacial score (nSPS) is 10.3. The van der Waals surface area contributed by atoms with Gasteiger partial charge in [-0.25, -0.2) is 0 Å². The topological polar surface area (TPSA) is 78.1 Å². The highest BCUT2D eigenvalue weighted by Gasteiger charge is 2.12. The molecule has 2 rings (SSSR count). The lowest BCUT2D eigenvalue weighted by Gasteiger charge is -2.05. The maximum atomic E-state index is 12.1. The molecule has 0 atom stereocenters. The molecule has 2 heterocycles. The molecule has 0 spiro atoms. The standard InChI is InChI=1S/C13H16N4O3/c1-9-4-5-11(16(9)2)13(19)15-10-6-14-17(7-10)8-12(18)20-3/h4-7H,8H2,1-3H3,(H,15,19). The van der Waals surface area contributed by atoms with Crippen molar-refractivity contribution in [1.29, 1.82) is 0 Å². The molecule has 0 unspecified atom stereocenters. The second-order valence-electron chi connectivity index (χ2n) is 4.38. The minimum absolute atomic E-state index is 0.00956. The zero-order valence-electron chi connectivity index (χ0n) is 11.6. The number of aromatic nitrogens is 3. The molecule has 1 amide bonds. The van der Waals surface area contributed by atoms with Crippen molar-refractivity contribution in [1.82, 2.24) is 14.3 Å². The van der Waals surface area contributed by atoms with Gasteiger partial charge in [0.15, 0.2) is 0 Å². The predicted octanol–water partition coefficient (Wildman–Crippen LogP) is 0.955. The lowest BCUT2D eigenvalue weighted by atomic mass is 10.4. The number of hydrogen-bond acceptors (Lipinski definition) is 4. The quantitative estimate of drug-likeness (QED) is 0.843. The summed E-state index contributed by atoms with van der Waals surface area (Å²) in [5, 5.41) is 6.70. The third-order valence-electron chi connectivity index (χ3n) is 3.02. The van der Waals surface area contributed by atoms with Gasteiger partial charge in [-0.15, -0.1) is 0 Å². The molecular weight excluding hydrogens is 260 g/mol. The molecule has 1 N–H and O–H groups in total. The summed E-state index contributed by atoms with van der Waals surface area (Å²) in [6, 6.07) is 3.62. The zero-order chi connectivity index (χ0) is 14.7. The molecule has 0 aliphatic carbocycles. The van der Waals surface area contributed by atoms with Gasteiger partial charge in [-0.3, -0.25) is 14.3 Å². The van der Waals surface area contributed by atoms with Crippen LogP contribution in [-0.2, 0) is 23.1 Å². The van der Waals surface area contributed by atoms with E-state index >= 15 is 0 Å². The molecule has 0 aliphatic heterocycles. The number of amides is 1. The number of nitrogens with one attached hydrogen (secondary N) is 1. The van der Waals surface area contributed by atoms with Gasteiger partial charge in [-0.2, -0.15) is 5.10 Å². The first-order chi connectivity index (χ1) is 9.51. The van der Waals surface area contributed by atoms with Crippen LogP contribution in [0.3, 0.4) is 0 Å². The van der Waals surface area contributed by atoms with Gasteiger partial charge < -0.3 is 14.6 Å². The van der Waals surface area contributed by atoms with Gasteiger partial charge in [0.2, 0.25) is 0 Å². The Morgan fingerprint density at radius 2 is 2.15 bits per heavy atom. The first kappa shape index (κ1) is 13.9. The summed E-state index contributed by atoms with van der Waals surface area (Å²) in [6.45, 7) is 1.93. The Kier molecular flexibility index (Phi) is 3.88. The minimum atomic E-state index is -0.399. The van der Waals surface area contributed by atoms with Crippen molar-refractivity contribution in [2.45, 2.75) is 13.5 Å². The summed E-state index contributed by atoms with van der Waals surface area (Å²) in [5.41, 5.74) is 2.08. The second kappa shape index (κ2) is 5.60. The molecule has 0 aromatic carbocycles. The highest BCUT2D eigenvalue weighted by molar-refractivity contribution is 6.03. The average Bonchev–Trinajstić information content (AvgIpc) is 2.98. The number of ether oxygens (including phenoxy) is 1. The van der Waals surface area contributed by atoms with Gasteiger partial charge in [0.1, 0.15) is 12.2 Å². The van der Waals surface area contributed by atoms with Crippen LogP contribution < -0.4 is 5.32 Å². The molecule has 7 nitrogen and oxygen atoms in total. The molecule has 7 heteroatoms. The van der Waals surface area contributed by atoms with Crippen LogP contribution in [0.15, 0.2) is 24.5 Å². The number of carbonyl (C=O) groups is 2. The van der Waals surface area contributed by atoms with Gasteiger partial charge in [0, 0.05) is 18.9 Å². The first-order valence-corrected chi connectivity index (χ1v) is 6.04. The summed E-state index contributed by atoms with van der Waals surface area (Å²) >= 11 is 0. The number of hydrogen-bond donors (Lipinski definition) is 1. The largest absolute Gasteiger partial charge is 0.468 e. The average molecular weight is 276 g/mol. The van der Waals surface area contributed by atoms with E-state index < -0.39 is 5.97 Å². The smallest absolute Gasteiger partial charge is 0.327 e. The van der Waals surface area contributed by atoms with Crippen molar-refractivity contribution < 1.29 is 14.3 Å². The minimum Gasteiger partial charge on any atom is -0.468 e. The van der Waals surface area contributed by atoms with E-state index in [0.29, 0.717) is 11.4 Å². The second-order valence-corrected chi connectivity index (χ2v) is 4.38. The van der Waals surface area contributed by atoms with Crippen molar-refractivity contribution in [3.05, 3.63) is 35.9 Å². The van der Waals surface area contributed by atoms with Crippen LogP contribution in [0.2, 0.25) is 0 Å². The highest BCUT2D eigenvalue weighted by atomic mass is 16.5. The van der Waals surface area contributed by atoms with Crippen LogP contribution in [0.5, 0.6) is 0 Å². The van der Waals surface area contributed by atoms with E-state index in [1.807, 2.05) is 20.0 Å². The van der Waals surface area contributed by atoms with E-state index in [4.69, 9.17) is 0 Å². The number of esters is 1. The van der Waals surface area contributed by atoms with Crippen LogP contribution in [0.4, 0.5) is 5.69 Å². The monoisotopic (exact) mass is 276 g/mol. The van der Waals surface area contributed by atoms with Gasteiger partial charge in [0.25, 0.3) is 5.91 Å². The van der Waals surface area contributed by atoms with Crippen molar-refractivity contribution in [2.24, 2.45) is 7.05 Å². The molecule has 0 saturated heterocycles. The predicted molar refractivity (Wildman–Crippen MR) is 72.3 cm³/mol. The van der Waals surface area contributed by atoms with E-state index in [1.54, 1.807) is 16.8 Å². The van der Waals surface area contributed by atoms with Crippen molar-refractivity contribution in [3.8, 4) is 0 Å². The van der Waals surface area contributed by atoms with E-state index in [1.165, 1.54) is 18.0 Å². The van der Waals surface area contributed by atoms with Crippen LogP contribution in [0.1, 0.15) is 16.2 Å². The van der Waals surface area contributed by atoms with Crippen molar-refractivity contribution in [2.75, 3.05) is 12.4 Å². The third kappa shape index (κ3) is 2.87. The Balaban J connectivity index is 2.05. The number of nitrogens with zero attached hydrogens (tertiary/aromatic N) is 3. The van der Waals surface area contributed by atoms with Crippen LogP contribution in [0, 0.1) is 6.92 Å². The lowest BCUT2D eigenvalue weighted by Crippen LogP contribution is -2.16. The van der Waals surface area contributed by atoms with E-state index in [9.17, 15) is 9.59 Å². The highest BCUT2D eigenvalue weighted by Crippen LogP contribution is 2.10. The van der Waals surface area contributed by atoms with Gasteiger partial charge >= 0.3 is 5.97 Å². The molecule has 0 bridgehead atoms. The molecule has 0 fully saturated rings.